The second kappa shape index (κ2) is 5.93. The fourth-order valence-electron chi connectivity index (χ4n) is 1.32. The lowest BCUT2D eigenvalue weighted by molar-refractivity contribution is -0.107. The van der Waals surface area contributed by atoms with Crippen LogP contribution >= 0.6 is 0 Å². The van der Waals surface area contributed by atoms with E-state index in [9.17, 15) is 18.4 Å². The van der Waals surface area contributed by atoms with E-state index in [1.165, 1.54) is 12.1 Å². The number of rotatable bonds is 6. The molecular formula is C11H10F2O4. The van der Waals surface area contributed by atoms with Crippen LogP contribution in [0, 0.1) is 0 Å². The Morgan fingerprint density at radius 3 is 2.71 bits per heavy atom. The highest BCUT2D eigenvalue weighted by Gasteiger charge is 2.15. The summed E-state index contributed by atoms with van der Waals surface area (Å²) >= 11 is 0. The molecule has 1 aromatic rings. The number of hydrogen-bond donors (Lipinski definition) is 1. The average Bonchev–Trinajstić information content (AvgIpc) is 2.26. The van der Waals surface area contributed by atoms with Crippen molar-refractivity contribution in [1.82, 2.24) is 0 Å². The number of carbonyl (C=O) groups is 2. The average molecular weight is 244 g/mol. The lowest BCUT2D eigenvalue weighted by Gasteiger charge is -2.09. The first-order chi connectivity index (χ1) is 8.04. The van der Waals surface area contributed by atoms with E-state index in [-0.39, 0.29) is 17.7 Å². The van der Waals surface area contributed by atoms with Crippen molar-refractivity contribution in [2.24, 2.45) is 0 Å². The highest BCUT2D eigenvalue weighted by atomic mass is 19.3. The van der Waals surface area contributed by atoms with Gasteiger partial charge in [-0.3, -0.25) is 0 Å². The quantitative estimate of drug-likeness (QED) is 0.778. The van der Waals surface area contributed by atoms with Gasteiger partial charge in [0, 0.05) is 6.42 Å². The number of carboxylic acids is 1. The fourth-order valence-corrected chi connectivity index (χ4v) is 1.32. The molecule has 0 atom stereocenters. The molecule has 0 aliphatic carbocycles. The molecule has 0 heterocycles. The van der Waals surface area contributed by atoms with Crippen LogP contribution in [0.3, 0.4) is 0 Å². The van der Waals surface area contributed by atoms with Crippen molar-refractivity contribution in [3.8, 4) is 5.75 Å². The third-order valence-electron chi connectivity index (χ3n) is 2.04. The van der Waals surface area contributed by atoms with Crippen molar-refractivity contribution >= 4 is 12.3 Å². The Morgan fingerprint density at radius 1 is 1.47 bits per heavy atom. The van der Waals surface area contributed by atoms with Gasteiger partial charge < -0.3 is 14.6 Å². The first-order valence-corrected chi connectivity index (χ1v) is 4.79. The second-order valence-electron chi connectivity index (χ2n) is 3.22. The molecule has 0 aliphatic heterocycles. The first-order valence-electron chi connectivity index (χ1n) is 4.79. The summed E-state index contributed by atoms with van der Waals surface area (Å²) in [4.78, 5) is 21.0. The Bertz CT molecular complexity index is 418. The highest BCUT2D eigenvalue weighted by Crippen LogP contribution is 2.22. The van der Waals surface area contributed by atoms with Crippen molar-refractivity contribution in [2.45, 2.75) is 19.5 Å². The summed E-state index contributed by atoms with van der Waals surface area (Å²) in [6.45, 7) is -3.08. The van der Waals surface area contributed by atoms with Crippen LogP contribution in [0.2, 0.25) is 0 Å². The Labute approximate surface area is 95.8 Å². The van der Waals surface area contributed by atoms with Gasteiger partial charge in [-0.15, -0.1) is 0 Å². The van der Waals surface area contributed by atoms with Crippen LogP contribution in [0.5, 0.6) is 5.75 Å². The summed E-state index contributed by atoms with van der Waals surface area (Å²) in [6, 6.07) is 3.84. The molecule has 0 saturated carbocycles. The number of carboxylic acid groups (broad SMARTS) is 1. The van der Waals surface area contributed by atoms with Crippen molar-refractivity contribution < 1.29 is 28.2 Å². The number of hydrogen-bond acceptors (Lipinski definition) is 3. The topological polar surface area (TPSA) is 63.6 Å². The Morgan fingerprint density at radius 2 is 2.18 bits per heavy atom. The van der Waals surface area contributed by atoms with Gasteiger partial charge in [-0.05, 0) is 24.1 Å². The normalized spacial score (nSPS) is 10.3. The monoisotopic (exact) mass is 244 g/mol. The number of aryl methyl sites for hydroxylation is 1. The van der Waals surface area contributed by atoms with E-state index in [2.05, 4.69) is 4.74 Å². The van der Waals surface area contributed by atoms with Gasteiger partial charge in [0.15, 0.2) is 0 Å². The van der Waals surface area contributed by atoms with Gasteiger partial charge in [-0.25, -0.2) is 4.79 Å². The van der Waals surface area contributed by atoms with E-state index in [0.717, 1.165) is 6.07 Å². The number of benzene rings is 1. The van der Waals surface area contributed by atoms with Crippen LogP contribution in [-0.2, 0) is 11.2 Å². The Balaban J connectivity index is 2.99. The van der Waals surface area contributed by atoms with Gasteiger partial charge in [0.2, 0.25) is 0 Å². The van der Waals surface area contributed by atoms with E-state index < -0.39 is 12.6 Å². The molecule has 0 bridgehead atoms. The maximum atomic E-state index is 12.0. The van der Waals surface area contributed by atoms with Gasteiger partial charge in [0.1, 0.15) is 17.6 Å². The number of halogens is 2. The molecule has 0 radical (unpaired) electrons. The van der Waals surface area contributed by atoms with Crippen molar-refractivity contribution in [2.75, 3.05) is 0 Å². The second-order valence-corrected chi connectivity index (χ2v) is 3.22. The minimum Gasteiger partial charge on any atom is -0.478 e. The van der Waals surface area contributed by atoms with E-state index >= 15 is 0 Å². The molecule has 0 unspecified atom stereocenters. The van der Waals surface area contributed by atoms with Crippen LogP contribution in [-0.4, -0.2) is 24.0 Å². The lowest BCUT2D eigenvalue weighted by Crippen LogP contribution is -2.08. The van der Waals surface area contributed by atoms with Gasteiger partial charge in [0.25, 0.3) is 0 Å². The molecule has 1 N–H and O–H groups in total. The number of alkyl halides is 2. The molecule has 1 rings (SSSR count). The molecular weight excluding hydrogens is 234 g/mol. The molecule has 4 nitrogen and oxygen atoms in total. The van der Waals surface area contributed by atoms with Crippen LogP contribution in [0.15, 0.2) is 18.2 Å². The molecule has 1 aromatic carbocycles. The summed E-state index contributed by atoms with van der Waals surface area (Å²) in [7, 11) is 0. The highest BCUT2D eigenvalue weighted by molar-refractivity contribution is 5.91. The zero-order valence-corrected chi connectivity index (χ0v) is 8.73. The minimum atomic E-state index is -3.08. The number of aromatic carboxylic acids is 1. The third-order valence-corrected chi connectivity index (χ3v) is 2.04. The van der Waals surface area contributed by atoms with Gasteiger partial charge in [-0.1, -0.05) is 6.07 Å². The summed E-state index contributed by atoms with van der Waals surface area (Å²) in [6.07, 6.45) is 1.30. The molecule has 0 fully saturated rings. The molecule has 92 valence electrons. The minimum absolute atomic E-state index is 0.244. The summed E-state index contributed by atoms with van der Waals surface area (Å²) in [5, 5.41) is 8.83. The predicted molar refractivity (Wildman–Crippen MR) is 54.4 cm³/mol. The summed E-state index contributed by atoms with van der Waals surface area (Å²) in [5.41, 5.74) is 0.241. The van der Waals surface area contributed by atoms with Crippen molar-refractivity contribution in [3.05, 3.63) is 29.3 Å². The van der Waals surface area contributed by atoms with E-state index in [4.69, 9.17) is 5.11 Å². The molecule has 0 aromatic heterocycles. The van der Waals surface area contributed by atoms with Crippen molar-refractivity contribution in [3.63, 3.8) is 0 Å². The number of carbonyl (C=O) groups excluding carboxylic acids is 1. The van der Waals surface area contributed by atoms with E-state index in [1.54, 1.807) is 0 Å². The number of ether oxygens (including phenoxy) is 1. The van der Waals surface area contributed by atoms with Gasteiger partial charge in [0.05, 0.1) is 0 Å². The molecule has 0 saturated heterocycles. The summed E-state index contributed by atoms with van der Waals surface area (Å²) in [5.74, 6) is -1.74. The molecule has 0 spiro atoms. The van der Waals surface area contributed by atoms with E-state index in [0.29, 0.717) is 18.3 Å². The van der Waals surface area contributed by atoms with Gasteiger partial charge >= 0.3 is 12.6 Å². The third kappa shape index (κ3) is 3.82. The smallest absolute Gasteiger partial charge is 0.387 e. The Kier molecular flexibility index (Phi) is 4.56. The van der Waals surface area contributed by atoms with Crippen LogP contribution in [0.4, 0.5) is 8.78 Å². The van der Waals surface area contributed by atoms with E-state index in [1.807, 2.05) is 0 Å². The molecule has 0 amide bonds. The SMILES string of the molecule is O=CCCc1ccc(OC(F)F)c(C(=O)O)c1. The molecule has 17 heavy (non-hydrogen) atoms. The van der Waals surface area contributed by atoms with Crippen LogP contribution < -0.4 is 4.74 Å². The lowest BCUT2D eigenvalue weighted by atomic mass is 10.1. The maximum absolute atomic E-state index is 12.0. The summed E-state index contributed by atoms with van der Waals surface area (Å²) < 4.78 is 28.1. The van der Waals surface area contributed by atoms with Crippen LogP contribution in [0.25, 0.3) is 0 Å². The molecule has 6 heteroatoms. The Hall–Kier alpha value is -1.98. The maximum Gasteiger partial charge on any atom is 0.387 e. The molecule has 0 aliphatic rings. The van der Waals surface area contributed by atoms with Gasteiger partial charge in [-0.2, -0.15) is 8.78 Å². The zero-order valence-electron chi connectivity index (χ0n) is 8.73. The fraction of sp³-hybridized carbons (Fsp3) is 0.273. The largest absolute Gasteiger partial charge is 0.478 e. The predicted octanol–water partition coefficient (Wildman–Crippen LogP) is 2.12. The first kappa shape index (κ1) is 13.1. The number of aldehydes is 1. The standard InChI is InChI=1S/C11H10F2O4/c12-11(13)17-9-4-3-7(2-1-5-14)6-8(9)10(15)16/h3-6,11H,1-2H2,(H,15,16). The zero-order chi connectivity index (χ0) is 12.8. The van der Waals surface area contributed by atoms with Crippen LogP contribution in [0.1, 0.15) is 22.3 Å². The van der Waals surface area contributed by atoms with Crippen molar-refractivity contribution in [1.29, 1.82) is 0 Å².